The molecular weight excluding hydrogens is 368 g/mol. The third kappa shape index (κ3) is 4.56. The van der Waals surface area contributed by atoms with E-state index >= 15 is 0 Å². The van der Waals surface area contributed by atoms with Gasteiger partial charge in [-0.2, -0.15) is 0 Å². The summed E-state index contributed by atoms with van der Waals surface area (Å²) in [7, 11) is 3.78. The molecule has 0 aliphatic carbocycles. The van der Waals surface area contributed by atoms with Crippen LogP contribution in [0.25, 0.3) is 10.6 Å². The van der Waals surface area contributed by atoms with Crippen LogP contribution in [0.1, 0.15) is 22.1 Å². The van der Waals surface area contributed by atoms with E-state index in [-0.39, 0.29) is 29.3 Å². The van der Waals surface area contributed by atoms with Crippen molar-refractivity contribution >= 4 is 17.2 Å². The fourth-order valence-electron chi connectivity index (χ4n) is 2.70. The van der Waals surface area contributed by atoms with Crippen LogP contribution >= 0.6 is 11.3 Å². The van der Waals surface area contributed by atoms with E-state index in [0.29, 0.717) is 17.1 Å². The molecule has 7 heteroatoms. The average Bonchev–Trinajstić information content (AvgIpc) is 3.13. The van der Waals surface area contributed by atoms with E-state index in [4.69, 9.17) is 0 Å². The number of hydrogen-bond donors (Lipinski definition) is 1. The molecule has 140 valence electrons. The van der Waals surface area contributed by atoms with Crippen molar-refractivity contribution in [3.63, 3.8) is 0 Å². The fourth-order valence-corrected chi connectivity index (χ4v) is 3.53. The topological polar surface area (TPSA) is 45.2 Å². The second-order valence-electron chi connectivity index (χ2n) is 6.26. The molecule has 1 unspecified atom stereocenters. The number of nitrogens with zero attached hydrogens (tertiary/aromatic N) is 2. The molecule has 0 saturated carbocycles. The Morgan fingerprint density at radius 1 is 1.15 bits per heavy atom. The number of carbonyl (C=O) groups excluding carboxylic acids is 1. The van der Waals surface area contributed by atoms with Gasteiger partial charge in [0.1, 0.15) is 22.3 Å². The first-order valence-corrected chi connectivity index (χ1v) is 9.24. The molecule has 0 aliphatic heterocycles. The zero-order valence-corrected chi connectivity index (χ0v) is 15.8. The van der Waals surface area contributed by atoms with Crippen LogP contribution in [0.5, 0.6) is 0 Å². The zero-order valence-electron chi connectivity index (χ0n) is 14.9. The summed E-state index contributed by atoms with van der Waals surface area (Å²) in [6.45, 7) is 0.337. The number of amides is 1. The Morgan fingerprint density at radius 2 is 1.85 bits per heavy atom. The fraction of sp³-hybridized carbons (Fsp3) is 0.200. The van der Waals surface area contributed by atoms with Crippen molar-refractivity contribution in [2.45, 2.75) is 6.04 Å². The summed E-state index contributed by atoms with van der Waals surface area (Å²) < 4.78 is 27.0. The Kier molecular flexibility index (Phi) is 5.93. The number of rotatable bonds is 6. The van der Waals surface area contributed by atoms with E-state index in [9.17, 15) is 13.6 Å². The predicted molar refractivity (Wildman–Crippen MR) is 103 cm³/mol. The van der Waals surface area contributed by atoms with Gasteiger partial charge in [-0.3, -0.25) is 4.79 Å². The van der Waals surface area contributed by atoms with Crippen molar-refractivity contribution in [3.8, 4) is 10.6 Å². The lowest BCUT2D eigenvalue weighted by atomic mass is 10.1. The van der Waals surface area contributed by atoms with Gasteiger partial charge in [-0.05, 0) is 43.9 Å². The number of hydrogen-bond acceptors (Lipinski definition) is 4. The van der Waals surface area contributed by atoms with Crippen LogP contribution < -0.4 is 5.32 Å². The maximum Gasteiger partial charge on any atom is 0.270 e. The maximum atomic E-state index is 13.9. The van der Waals surface area contributed by atoms with Crippen molar-refractivity contribution in [3.05, 3.63) is 76.8 Å². The number of nitrogens with one attached hydrogen (secondary N) is 1. The van der Waals surface area contributed by atoms with Gasteiger partial charge < -0.3 is 10.2 Å². The molecule has 2 aromatic carbocycles. The number of carbonyl (C=O) groups is 1. The molecule has 3 rings (SSSR count). The van der Waals surface area contributed by atoms with Gasteiger partial charge in [0, 0.05) is 17.5 Å². The largest absolute Gasteiger partial charge is 0.349 e. The molecule has 4 nitrogen and oxygen atoms in total. The highest BCUT2D eigenvalue weighted by atomic mass is 32.1. The van der Waals surface area contributed by atoms with Gasteiger partial charge in [-0.15, -0.1) is 11.3 Å². The van der Waals surface area contributed by atoms with Crippen LogP contribution in [0.2, 0.25) is 0 Å². The zero-order chi connectivity index (χ0) is 19.4. The van der Waals surface area contributed by atoms with Gasteiger partial charge in [0.05, 0.1) is 6.04 Å². The summed E-state index contributed by atoms with van der Waals surface area (Å²) in [6, 6.07) is 12.4. The Hall–Kier alpha value is -2.64. The molecule has 0 fully saturated rings. The Bertz CT molecular complexity index is 925. The van der Waals surface area contributed by atoms with Crippen molar-refractivity contribution in [2.24, 2.45) is 0 Å². The number of aromatic nitrogens is 1. The molecule has 0 bridgehead atoms. The number of likely N-dealkylation sites (N-methyl/N-ethyl adjacent to an activating group) is 1. The molecule has 1 heterocycles. The van der Waals surface area contributed by atoms with E-state index in [1.165, 1.54) is 29.5 Å². The SMILES string of the molecule is CN(C)C(CNC(=O)c1csc(-c2ccccc2F)n1)c1ccc(F)cc1. The first-order chi connectivity index (χ1) is 13.0. The lowest BCUT2D eigenvalue weighted by molar-refractivity contribution is 0.0937. The van der Waals surface area contributed by atoms with Gasteiger partial charge in [0.2, 0.25) is 0 Å². The monoisotopic (exact) mass is 387 g/mol. The first kappa shape index (κ1) is 19.1. The van der Waals surface area contributed by atoms with Crippen LogP contribution in [-0.4, -0.2) is 36.4 Å². The third-order valence-corrected chi connectivity index (χ3v) is 5.05. The van der Waals surface area contributed by atoms with Crippen LogP contribution in [0.15, 0.2) is 53.9 Å². The lowest BCUT2D eigenvalue weighted by Crippen LogP contribution is -2.34. The Labute approximate surface area is 160 Å². The molecule has 0 spiro atoms. The molecule has 1 amide bonds. The second-order valence-corrected chi connectivity index (χ2v) is 7.12. The van der Waals surface area contributed by atoms with Crippen molar-refractivity contribution in [1.82, 2.24) is 15.2 Å². The summed E-state index contributed by atoms with van der Waals surface area (Å²) in [5.74, 6) is -1.01. The van der Waals surface area contributed by atoms with Gasteiger partial charge in [0.15, 0.2) is 0 Å². The van der Waals surface area contributed by atoms with E-state index in [1.54, 1.807) is 35.7 Å². The smallest absolute Gasteiger partial charge is 0.270 e. The van der Waals surface area contributed by atoms with Gasteiger partial charge in [-0.1, -0.05) is 24.3 Å². The number of benzene rings is 2. The molecule has 27 heavy (non-hydrogen) atoms. The minimum atomic E-state index is -0.372. The third-order valence-electron chi connectivity index (χ3n) is 4.18. The molecular formula is C20H19F2N3OS. The van der Waals surface area contributed by atoms with Crippen molar-refractivity contribution in [1.29, 1.82) is 0 Å². The van der Waals surface area contributed by atoms with Crippen molar-refractivity contribution in [2.75, 3.05) is 20.6 Å². The van der Waals surface area contributed by atoms with Gasteiger partial charge in [0.25, 0.3) is 5.91 Å². The normalized spacial score (nSPS) is 12.2. The van der Waals surface area contributed by atoms with Gasteiger partial charge >= 0.3 is 0 Å². The molecule has 0 radical (unpaired) electrons. The lowest BCUT2D eigenvalue weighted by Gasteiger charge is -2.25. The number of thiazole rings is 1. The minimum Gasteiger partial charge on any atom is -0.349 e. The Balaban J connectivity index is 1.70. The summed E-state index contributed by atoms with van der Waals surface area (Å²) in [5, 5.41) is 4.92. The Morgan fingerprint density at radius 3 is 2.52 bits per heavy atom. The van der Waals surface area contributed by atoms with Crippen LogP contribution in [-0.2, 0) is 0 Å². The molecule has 1 aromatic heterocycles. The van der Waals surface area contributed by atoms with Gasteiger partial charge in [-0.25, -0.2) is 13.8 Å². The highest BCUT2D eigenvalue weighted by molar-refractivity contribution is 7.13. The standard InChI is InChI=1S/C20H19F2N3OS/c1-25(2)18(13-7-9-14(21)10-8-13)11-23-19(26)17-12-27-20(24-17)15-5-3-4-6-16(15)22/h3-10,12,18H,11H2,1-2H3,(H,23,26). The highest BCUT2D eigenvalue weighted by Crippen LogP contribution is 2.26. The molecule has 0 saturated heterocycles. The van der Waals surface area contributed by atoms with E-state index in [1.807, 2.05) is 19.0 Å². The van der Waals surface area contributed by atoms with Crippen LogP contribution in [0.4, 0.5) is 8.78 Å². The molecule has 1 atom stereocenters. The average molecular weight is 387 g/mol. The van der Waals surface area contributed by atoms with E-state index in [2.05, 4.69) is 10.3 Å². The summed E-state index contributed by atoms with van der Waals surface area (Å²) in [6.07, 6.45) is 0. The summed E-state index contributed by atoms with van der Waals surface area (Å²) >= 11 is 1.22. The number of halogens is 2. The van der Waals surface area contributed by atoms with Crippen LogP contribution in [0.3, 0.4) is 0 Å². The molecule has 3 aromatic rings. The first-order valence-electron chi connectivity index (χ1n) is 8.36. The van der Waals surface area contributed by atoms with Crippen molar-refractivity contribution < 1.29 is 13.6 Å². The molecule has 1 N–H and O–H groups in total. The second kappa shape index (κ2) is 8.37. The highest BCUT2D eigenvalue weighted by Gasteiger charge is 2.18. The summed E-state index contributed by atoms with van der Waals surface area (Å²) in [5.41, 5.74) is 1.51. The summed E-state index contributed by atoms with van der Waals surface area (Å²) in [4.78, 5) is 18.6. The predicted octanol–water partition coefficient (Wildman–Crippen LogP) is 4.12. The van der Waals surface area contributed by atoms with Crippen LogP contribution in [0, 0.1) is 11.6 Å². The van der Waals surface area contributed by atoms with E-state index < -0.39 is 0 Å². The minimum absolute atomic E-state index is 0.112. The van der Waals surface area contributed by atoms with E-state index in [0.717, 1.165) is 5.56 Å². The molecule has 0 aliphatic rings. The maximum absolute atomic E-state index is 13.9. The quantitative estimate of drug-likeness (QED) is 0.692.